The zero-order chi connectivity index (χ0) is 10.4. The van der Waals surface area contributed by atoms with E-state index in [1.54, 1.807) is 24.3 Å². The van der Waals surface area contributed by atoms with Crippen LogP contribution in [-0.4, -0.2) is 17.7 Å². The van der Waals surface area contributed by atoms with Crippen molar-refractivity contribution in [3.05, 3.63) is 29.3 Å². The topological polar surface area (TPSA) is 46.5 Å². The largest absolute Gasteiger partial charge is 0.481 e. The fourth-order valence-electron chi connectivity index (χ4n) is 0.788. The van der Waals surface area contributed by atoms with Crippen LogP contribution in [0.4, 0.5) is 0 Å². The molecule has 1 aromatic carbocycles. The number of hydrogen-bond donors (Lipinski definition) is 1. The lowest BCUT2D eigenvalue weighted by atomic mass is 10.3. The van der Waals surface area contributed by atoms with Crippen molar-refractivity contribution in [3.63, 3.8) is 0 Å². The lowest BCUT2D eigenvalue weighted by Gasteiger charge is -2.00. The predicted octanol–water partition coefficient (Wildman–Crippen LogP) is 1.81. The maximum atomic E-state index is 10.0. The molecule has 0 radical (unpaired) electrons. The molecule has 0 fully saturated rings. The van der Waals surface area contributed by atoms with Gasteiger partial charge in [0.15, 0.2) is 0 Å². The molecule has 0 bridgehead atoms. The molecule has 0 aromatic heterocycles. The molecule has 1 N–H and O–H groups in total. The molecule has 3 nitrogen and oxygen atoms in total. The van der Waals surface area contributed by atoms with Crippen molar-refractivity contribution in [1.82, 2.24) is 0 Å². The summed E-state index contributed by atoms with van der Waals surface area (Å²) in [5, 5.41) is 8.77. The van der Waals surface area contributed by atoms with E-state index in [4.69, 9.17) is 21.4 Å². The summed E-state index contributed by atoms with van der Waals surface area (Å²) in [5.41, 5.74) is 0. The maximum absolute atomic E-state index is 10.0. The standard InChI is InChI=1S/C10H7ClO3/c11-8-3-1-4-9(7-8)14-6-2-5-10(12)13/h1,3-4,7H,6H2,(H,12,13). The number of rotatable bonds is 2. The molecule has 0 atom stereocenters. The molecule has 0 spiro atoms. The third-order valence-corrected chi connectivity index (χ3v) is 1.54. The van der Waals surface area contributed by atoms with Gasteiger partial charge in [-0.2, -0.15) is 0 Å². The summed E-state index contributed by atoms with van der Waals surface area (Å²) in [6.45, 7) is 0.0344. The van der Waals surface area contributed by atoms with Gasteiger partial charge in [0, 0.05) is 10.9 Å². The third-order valence-electron chi connectivity index (χ3n) is 1.30. The zero-order valence-electron chi connectivity index (χ0n) is 7.16. The first-order valence-corrected chi connectivity index (χ1v) is 4.16. The highest BCUT2D eigenvalue weighted by molar-refractivity contribution is 6.30. The summed E-state index contributed by atoms with van der Waals surface area (Å²) in [6, 6.07) is 6.80. The summed E-state index contributed by atoms with van der Waals surface area (Å²) < 4.78 is 5.12. The highest BCUT2D eigenvalue weighted by atomic mass is 35.5. The Morgan fingerprint density at radius 1 is 1.57 bits per heavy atom. The van der Waals surface area contributed by atoms with Crippen LogP contribution in [0, 0.1) is 11.8 Å². The van der Waals surface area contributed by atoms with E-state index in [1.807, 2.05) is 5.92 Å². The van der Waals surface area contributed by atoms with E-state index in [0.717, 1.165) is 0 Å². The first-order chi connectivity index (χ1) is 6.68. The second-order valence-electron chi connectivity index (χ2n) is 2.35. The van der Waals surface area contributed by atoms with Gasteiger partial charge in [-0.1, -0.05) is 17.7 Å². The highest BCUT2D eigenvalue weighted by Gasteiger charge is 1.92. The molecular weight excluding hydrogens is 204 g/mol. The van der Waals surface area contributed by atoms with Crippen molar-refractivity contribution in [3.8, 4) is 17.6 Å². The number of halogens is 1. The van der Waals surface area contributed by atoms with E-state index >= 15 is 0 Å². The Bertz CT molecular complexity index is 390. The van der Waals surface area contributed by atoms with E-state index in [2.05, 4.69) is 5.92 Å². The first-order valence-electron chi connectivity index (χ1n) is 3.78. The van der Waals surface area contributed by atoms with Gasteiger partial charge in [0.1, 0.15) is 12.4 Å². The SMILES string of the molecule is O=C(O)C#CCOc1cccc(Cl)c1. The van der Waals surface area contributed by atoms with Crippen LogP contribution < -0.4 is 4.74 Å². The van der Waals surface area contributed by atoms with Crippen molar-refractivity contribution in [2.45, 2.75) is 0 Å². The van der Waals surface area contributed by atoms with Crippen LogP contribution in [0.2, 0.25) is 5.02 Å². The molecule has 0 aliphatic heterocycles. The van der Waals surface area contributed by atoms with Crippen LogP contribution in [0.5, 0.6) is 5.75 Å². The van der Waals surface area contributed by atoms with E-state index in [1.165, 1.54) is 0 Å². The van der Waals surface area contributed by atoms with E-state index in [-0.39, 0.29) is 6.61 Å². The summed E-state index contributed by atoms with van der Waals surface area (Å²) in [6.07, 6.45) is 0. The normalized spacial score (nSPS) is 8.64. The van der Waals surface area contributed by atoms with Gasteiger partial charge in [0.25, 0.3) is 0 Å². The number of benzene rings is 1. The molecular formula is C10H7ClO3. The minimum absolute atomic E-state index is 0.0344. The number of hydrogen-bond acceptors (Lipinski definition) is 2. The number of carbonyl (C=O) groups is 1. The highest BCUT2D eigenvalue weighted by Crippen LogP contribution is 2.16. The van der Waals surface area contributed by atoms with E-state index < -0.39 is 5.97 Å². The molecule has 0 saturated carbocycles. The number of aliphatic carboxylic acids is 1. The summed E-state index contributed by atoms with van der Waals surface area (Å²) in [7, 11) is 0. The van der Waals surface area contributed by atoms with Gasteiger partial charge in [0.2, 0.25) is 0 Å². The zero-order valence-corrected chi connectivity index (χ0v) is 7.91. The second kappa shape index (κ2) is 5.15. The van der Waals surface area contributed by atoms with Gasteiger partial charge >= 0.3 is 5.97 Å². The molecule has 0 aliphatic carbocycles. The lowest BCUT2D eigenvalue weighted by Crippen LogP contribution is -1.95. The fourth-order valence-corrected chi connectivity index (χ4v) is 0.968. The average Bonchev–Trinajstić information content (AvgIpc) is 2.12. The Kier molecular flexibility index (Phi) is 3.84. The van der Waals surface area contributed by atoms with Crippen LogP contribution in [0.1, 0.15) is 0 Å². The summed E-state index contributed by atoms with van der Waals surface area (Å²) in [4.78, 5) is 10.0. The smallest absolute Gasteiger partial charge is 0.382 e. The van der Waals surface area contributed by atoms with Gasteiger partial charge in [0.05, 0.1) is 0 Å². The Morgan fingerprint density at radius 2 is 2.36 bits per heavy atom. The minimum atomic E-state index is -1.17. The van der Waals surface area contributed by atoms with Gasteiger partial charge in [-0.25, -0.2) is 4.79 Å². The summed E-state index contributed by atoms with van der Waals surface area (Å²) >= 11 is 5.70. The minimum Gasteiger partial charge on any atom is -0.481 e. The van der Waals surface area contributed by atoms with Crippen molar-refractivity contribution >= 4 is 17.6 Å². The molecule has 0 amide bonds. The van der Waals surface area contributed by atoms with Crippen LogP contribution in [-0.2, 0) is 4.79 Å². The number of ether oxygens (including phenoxy) is 1. The van der Waals surface area contributed by atoms with Gasteiger partial charge in [-0.3, -0.25) is 0 Å². The second-order valence-corrected chi connectivity index (χ2v) is 2.79. The molecule has 72 valence electrons. The quantitative estimate of drug-likeness (QED) is 0.758. The molecule has 4 heteroatoms. The Labute approximate surface area is 86.3 Å². The van der Waals surface area contributed by atoms with Crippen molar-refractivity contribution in [2.24, 2.45) is 0 Å². The van der Waals surface area contributed by atoms with Crippen LogP contribution in [0.3, 0.4) is 0 Å². The average molecular weight is 211 g/mol. The van der Waals surface area contributed by atoms with Crippen molar-refractivity contribution in [2.75, 3.05) is 6.61 Å². The molecule has 0 saturated heterocycles. The van der Waals surface area contributed by atoms with Crippen molar-refractivity contribution < 1.29 is 14.6 Å². The van der Waals surface area contributed by atoms with Crippen molar-refractivity contribution in [1.29, 1.82) is 0 Å². The van der Waals surface area contributed by atoms with E-state index in [9.17, 15) is 4.79 Å². The van der Waals surface area contributed by atoms with E-state index in [0.29, 0.717) is 10.8 Å². The first kappa shape index (κ1) is 10.4. The Morgan fingerprint density at radius 3 is 3.00 bits per heavy atom. The predicted molar refractivity (Wildman–Crippen MR) is 52.4 cm³/mol. The van der Waals surface area contributed by atoms with Crippen LogP contribution in [0.15, 0.2) is 24.3 Å². The Balaban J connectivity index is 2.47. The molecule has 0 unspecified atom stereocenters. The fraction of sp³-hybridized carbons (Fsp3) is 0.100. The van der Waals surface area contributed by atoms with Crippen LogP contribution >= 0.6 is 11.6 Å². The van der Waals surface area contributed by atoms with Gasteiger partial charge in [-0.05, 0) is 24.1 Å². The molecule has 0 aliphatic rings. The maximum Gasteiger partial charge on any atom is 0.382 e. The Hall–Kier alpha value is -1.66. The van der Waals surface area contributed by atoms with Gasteiger partial charge < -0.3 is 9.84 Å². The number of carboxylic acid groups (broad SMARTS) is 1. The summed E-state index contributed by atoms with van der Waals surface area (Å²) in [5.74, 6) is 3.68. The number of carboxylic acids is 1. The van der Waals surface area contributed by atoms with Gasteiger partial charge in [-0.15, -0.1) is 0 Å². The molecule has 0 heterocycles. The third kappa shape index (κ3) is 3.83. The molecule has 14 heavy (non-hydrogen) atoms. The molecule has 1 rings (SSSR count). The monoisotopic (exact) mass is 210 g/mol. The lowest BCUT2D eigenvalue weighted by molar-refractivity contribution is -0.130. The van der Waals surface area contributed by atoms with Crippen LogP contribution in [0.25, 0.3) is 0 Å². The molecule has 1 aromatic rings.